The maximum Gasteiger partial charge on any atom is 0.223 e. The Morgan fingerprint density at radius 3 is 2.61 bits per heavy atom. The van der Waals surface area contributed by atoms with Crippen LogP contribution in [-0.4, -0.2) is 12.5 Å². The molecule has 0 bridgehead atoms. The van der Waals surface area contributed by atoms with Gasteiger partial charge in [0.15, 0.2) is 0 Å². The van der Waals surface area contributed by atoms with Gasteiger partial charge < -0.3 is 11.1 Å². The van der Waals surface area contributed by atoms with Gasteiger partial charge in [0.1, 0.15) is 0 Å². The Kier molecular flexibility index (Phi) is 3.08. The zero-order valence-corrected chi connectivity index (χ0v) is 10.5. The van der Waals surface area contributed by atoms with Crippen molar-refractivity contribution in [2.75, 3.05) is 6.54 Å². The number of amides is 1. The van der Waals surface area contributed by atoms with Gasteiger partial charge in [-0.05, 0) is 30.2 Å². The summed E-state index contributed by atoms with van der Waals surface area (Å²) in [6.07, 6.45) is 3.80. The van der Waals surface area contributed by atoms with Crippen molar-refractivity contribution >= 4 is 5.91 Å². The minimum Gasteiger partial charge on any atom is -0.354 e. The van der Waals surface area contributed by atoms with Crippen LogP contribution in [0.15, 0.2) is 30.3 Å². The predicted molar refractivity (Wildman–Crippen MR) is 70.7 cm³/mol. The lowest BCUT2D eigenvalue weighted by molar-refractivity contribution is -0.123. The summed E-state index contributed by atoms with van der Waals surface area (Å²) in [6, 6.07) is 9.82. The fraction of sp³-hybridized carbons (Fsp3) is 0.533. The number of hydrogen-bond acceptors (Lipinski definition) is 2. The largest absolute Gasteiger partial charge is 0.354 e. The van der Waals surface area contributed by atoms with Gasteiger partial charge in [-0.3, -0.25) is 4.79 Å². The summed E-state index contributed by atoms with van der Waals surface area (Å²) in [5.41, 5.74) is 7.14. The Labute approximate surface area is 108 Å². The summed E-state index contributed by atoms with van der Waals surface area (Å²) >= 11 is 0. The van der Waals surface area contributed by atoms with Crippen LogP contribution in [0.2, 0.25) is 0 Å². The first-order valence-electron chi connectivity index (χ1n) is 6.85. The normalized spacial score (nSPS) is 30.6. The third kappa shape index (κ3) is 2.15. The predicted octanol–water partition coefficient (Wildman–Crippen LogP) is 1.85. The molecule has 3 unspecified atom stereocenters. The molecule has 0 saturated heterocycles. The molecule has 0 spiro atoms. The fourth-order valence-corrected chi connectivity index (χ4v) is 3.36. The number of rotatable bonds is 4. The zero-order chi connectivity index (χ0) is 12.5. The molecule has 3 atom stereocenters. The number of nitrogens with two attached hydrogens (primary N) is 1. The quantitative estimate of drug-likeness (QED) is 0.849. The van der Waals surface area contributed by atoms with Crippen molar-refractivity contribution in [1.82, 2.24) is 5.32 Å². The molecule has 0 heterocycles. The van der Waals surface area contributed by atoms with E-state index in [4.69, 9.17) is 5.73 Å². The molecule has 2 aliphatic carbocycles. The van der Waals surface area contributed by atoms with Crippen LogP contribution in [0.4, 0.5) is 0 Å². The smallest absolute Gasteiger partial charge is 0.223 e. The van der Waals surface area contributed by atoms with E-state index in [1.807, 2.05) is 30.3 Å². The van der Waals surface area contributed by atoms with Gasteiger partial charge in [-0.25, -0.2) is 0 Å². The van der Waals surface area contributed by atoms with Gasteiger partial charge in [-0.2, -0.15) is 0 Å². The first kappa shape index (κ1) is 11.7. The number of hydrogen-bond donors (Lipinski definition) is 2. The molecule has 1 amide bonds. The summed E-state index contributed by atoms with van der Waals surface area (Å²) in [6.45, 7) is 0.540. The van der Waals surface area contributed by atoms with E-state index in [-0.39, 0.29) is 11.9 Å². The topological polar surface area (TPSA) is 55.1 Å². The van der Waals surface area contributed by atoms with Crippen LogP contribution in [-0.2, 0) is 4.79 Å². The molecular weight excluding hydrogens is 224 g/mol. The van der Waals surface area contributed by atoms with Crippen LogP contribution >= 0.6 is 0 Å². The number of fused-ring (bicyclic) bond motifs is 1. The zero-order valence-electron chi connectivity index (χ0n) is 10.5. The molecule has 1 aromatic rings. The van der Waals surface area contributed by atoms with Crippen molar-refractivity contribution in [3.8, 4) is 0 Å². The minimum absolute atomic E-state index is 0.103. The van der Waals surface area contributed by atoms with E-state index >= 15 is 0 Å². The van der Waals surface area contributed by atoms with Crippen LogP contribution in [0.25, 0.3) is 0 Å². The highest BCUT2D eigenvalue weighted by Crippen LogP contribution is 2.57. The maximum absolute atomic E-state index is 12.0. The van der Waals surface area contributed by atoms with Crippen molar-refractivity contribution in [3.63, 3.8) is 0 Å². The van der Waals surface area contributed by atoms with Gasteiger partial charge in [0.25, 0.3) is 0 Å². The highest BCUT2D eigenvalue weighted by atomic mass is 16.2. The molecule has 2 saturated carbocycles. The van der Waals surface area contributed by atoms with Gasteiger partial charge in [-0.15, -0.1) is 0 Å². The van der Waals surface area contributed by atoms with E-state index in [1.54, 1.807) is 0 Å². The number of nitrogens with one attached hydrogen (secondary N) is 1. The minimum atomic E-state index is -0.103. The van der Waals surface area contributed by atoms with Gasteiger partial charge in [0, 0.05) is 18.5 Å². The average Bonchev–Trinajstić information content (AvgIpc) is 2.90. The summed E-state index contributed by atoms with van der Waals surface area (Å²) in [5.74, 6) is 1.87. The molecule has 3 heteroatoms. The molecule has 96 valence electrons. The Morgan fingerprint density at radius 2 is 1.94 bits per heavy atom. The number of carbonyl (C=O) groups excluding carboxylic acids is 1. The molecule has 0 aromatic heterocycles. The molecule has 2 fully saturated rings. The van der Waals surface area contributed by atoms with Crippen molar-refractivity contribution in [3.05, 3.63) is 35.9 Å². The Bertz CT molecular complexity index is 421. The van der Waals surface area contributed by atoms with E-state index in [9.17, 15) is 4.79 Å². The first-order valence-corrected chi connectivity index (χ1v) is 6.85. The second-order valence-electron chi connectivity index (χ2n) is 5.55. The molecule has 0 radical (unpaired) electrons. The molecule has 0 aliphatic heterocycles. The number of carbonyl (C=O) groups is 1. The van der Waals surface area contributed by atoms with Crippen molar-refractivity contribution in [2.45, 2.75) is 25.3 Å². The molecule has 2 aliphatic rings. The monoisotopic (exact) mass is 244 g/mol. The average molecular weight is 244 g/mol. The lowest BCUT2D eigenvalue weighted by Gasteiger charge is -2.13. The van der Waals surface area contributed by atoms with Crippen molar-refractivity contribution in [2.24, 2.45) is 23.5 Å². The van der Waals surface area contributed by atoms with Gasteiger partial charge in [0.2, 0.25) is 5.91 Å². The van der Waals surface area contributed by atoms with Gasteiger partial charge >= 0.3 is 0 Å². The van der Waals surface area contributed by atoms with E-state index in [1.165, 1.54) is 19.3 Å². The van der Waals surface area contributed by atoms with E-state index in [2.05, 4.69) is 5.32 Å². The Morgan fingerprint density at radius 1 is 1.28 bits per heavy atom. The third-order valence-corrected chi connectivity index (χ3v) is 4.43. The highest BCUT2D eigenvalue weighted by molar-refractivity contribution is 5.82. The van der Waals surface area contributed by atoms with E-state index in [0.717, 1.165) is 5.56 Å². The van der Waals surface area contributed by atoms with Crippen LogP contribution in [0.5, 0.6) is 0 Å². The molecule has 1 aromatic carbocycles. The van der Waals surface area contributed by atoms with Crippen molar-refractivity contribution < 1.29 is 4.79 Å². The second-order valence-corrected chi connectivity index (χ2v) is 5.55. The SMILES string of the molecule is NC(CNC(=O)C1C2CCCC21)c1ccccc1. The molecule has 3 N–H and O–H groups in total. The molecular formula is C15H20N2O. The molecule has 18 heavy (non-hydrogen) atoms. The molecule has 3 rings (SSSR count). The van der Waals surface area contributed by atoms with Crippen LogP contribution in [0, 0.1) is 17.8 Å². The van der Waals surface area contributed by atoms with Crippen LogP contribution in [0.1, 0.15) is 30.9 Å². The first-order chi connectivity index (χ1) is 8.77. The molecule has 3 nitrogen and oxygen atoms in total. The summed E-state index contributed by atoms with van der Waals surface area (Å²) < 4.78 is 0. The lowest BCUT2D eigenvalue weighted by atomic mass is 10.1. The Hall–Kier alpha value is -1.35. The van der Waals surface area contributed by atoms with Gasteiger partial charge in [-0.1, -0.05) is 36.8 Å². The second kappa shape index (κ2) is 4.73. The summed E-state index contributed by atoms with van der Waals surface area (Å²) in [4.78, 5) is 12.0. The van der Waals surface area contributed by atoms with Crippen molar-refractivity contribution in [1.29, 1.82) is 0 Å². The van der Waals surface area contributed by atoms with E-state index < -0.39 is 0 Å². The summed E-state index contributed by atoms with van der Waals surface area (Å²) in [7, 11) is 0. The van der Waals surface area contributed by atoms with Gasteiger partial charge in [0.05, 0.1) is 0 Å². The lowest BCUT2D eigenvalue weighted by Crippen LogP contribution is -2.33. The van der Waals surface area contributed by atoms with Crippen LogP contribution < -0.4 is 11.1 Å². The Balaban J connectivity index is 1.48. The number of benzene rings is 1. The maximum atomic E-state index is 12.0. The highest BCUT2D eigenvalue weighted by Gasteiger charge is 2.56. The third-order valence-electron chi connectivity index (χ3n) is 4.43. The van der Waals surface area contributed by atoms with Crippen LogP contribution in [0.3, 0.4) is 0 Å². The van der Waals surface area contributed by atoms with E-state index in [0.29, 0.717) is 24.3 Å². The summed E-state index contributed by atoms with van der Waals surface area (Å²) in [5, 5.41) is 3.01. The standard InChI is InChI=1S/C15H20N2O/c16-13(10-5-2-1-3-6-10)9-17-15(18)14-11-7-4-8-12(11)14/h1-3,5-6,11-14H,4,7-9,16H2,(H,17,18). The fourth-order valence-electron chi connectivity index (χ4n) is 3.36.